The van der Waals surface area contributed by atoms with Crippen molar-refractivity contribution in [1.29, 1.82) is 0 Å². The molecule has 5 nitrogen and oxygen atoms in total. The first-order chi connectivity index (χ1) is 15.4. The first-order valence-electron chi connectivity index (χ1n) is 12.3. The second-order valence-electron chi connectivity index (χ2n) is 11.9. The molecular weight excluding hydrogens is 416 g/mol. The smallest absolute Gasteiger partial charge is 0.170 e. The largest absolute Gasteiger partial charge is 0.507 e. The van der Waals surface area contributed by atoms with Gasteiger partial charge in [0.1, 0.15) is 28.9 Å². The molecule has 180 valence electrons. The minimum atomic E-state index is -0.458. The lowest BCUT2D eigenvalue weighted by atomic mass is 9.69. The Morgan fingerprint density at radius 2 is 1.94 bits per heavy atom. The van der Waals surface area contributed by atoms with Gasteiger partial charge in [-0.2, -0.15) is 0 Å². The van der Waals surface area contributed by atoms with Gasteiger partial charge in [0.15, 0.2) is 12.1 Å². The van der Waals surface area contributed by atoms with Crippen LogP contribution in [0.4, 0.5) is 0 Å². The molecule has 4 atom stereocenters. The van der Waals surface area contributed by atoms with E-state index in [0.717, 1.165) is 25.7 Å². The predicted octanol–water partition coefficient (Wildman–Crippen LogP) is 6.24. The van der Waals surface area contributed by atoms with Gasteiger partial charge in [0.25, 0.3) is 0 Å². The van der Waals surface area contributed by atoms with Gasteiger partial charge in [-0.05, 0) is 56.3 Å². The van der Waals surface area contributed by atoms with E-state index in [1.165, 1.54) is 5.57 Å². The molecule has 1 aliphatic heterocycles. The van der Waals surface area contributed by atoms with E-state index >= 15 is 0 Å². The molecule has 2 N–H and O–H groups in total. The monoisotopic (exact) mass is 454 g/mol. The second kappa shape index (κ2) is 8.18. The highest BCUT2D eigenvalue weighted by atomic mass is 16.5. The number of hydrogen-bond acceptors (Lipinski definition) is 5. The Hall–Kier alpha value is -2.30. The van der Waals surface area contributed by atoms with Crippen LogP contribution in [0.5, 0.6) is 17.2 Å². The molecule has 1 aromatic rings. The zero-order chi connectivity index (χ0) is 24.3. The average molecular weight is 455 g/mol. The summed E-state index contributed by atoms with van der Waals surface area (Å²) in [6.45, 7) is 12.8. The number of carbonyl (C=O) groups is 2. The summed E-state index contributed by atoms with van der Waals surface area (Å²) in [7, 11) is 0. The van der Waals surface area contributed by atoms with E-state index in [4.69, 9.17) is 4.74 Å². The van der Waals surface area contributed by atoms with Crippen LogP contribution in [0.2, 0.25) is 0 Å². The minimum Gasteiger partial charge on any atom is -0.507 e. The maximum Gasteiger partial charge on any atom is 0.170 e. The summed E-state index contributed by atoms with van der Waals surface area (Å²) >= 11 is 0. The van der Waals surface area contributed by atoms with Crippen LogP contribution in [0.1, 0.15) is 99.9 Å². The molecule has 0 amide bonds. The van der Waals surface area contributed by atoms with Crippen molar-refractivity contribution in [1.82, 2.24) is 0 Å². The third kappa shape index (κ3) is 3.87. The van der Waals surface area contributed by atoms with E-state index in [0.29, 0.717) is 30.1 Å². The Labute approximate surface area is 197 Å². The summed E-state index contributed by atoms with van der Waals surface area (Å²) in [5.41, 5.74) is 1.62. The maximum atomic E-state index is 12.9. The fourth-order valence-electron chi connectivity index (χ4n) is 6.50. The molecule has 4 rings (SSSR count). The Bertz CT molecular complexity index is 1020. The van der Waals surface area contributed by atoms with E-state index < -0.39 is 5.75 Å². The number of benzene rings is 1. The van der Waals surface area contributed by atoms with Gasteiger partial charge in [0, 0.05) is 23.3 Å². The van der Waals surface area contributed by atoms with Crippen LogP contribution in [0, 0.1) is 28.6 Å². The molecule has 4 unspecified atom stereocenters. The van der Waals surface area contributed by atoms with Gasteiger partial charge in [0.2, 0.25) is 0 Å². The van der Waals surface area contributed by atoms with Gasteiger partial charge in [-0.1, -0.05) is 46.3 Å². The number of ketones is 1. The number of fused-ring (bicyclic) bond motifs is 4. The van der Waals surface area contributed by atoms with Gasteiger partial charge in [-0.25, -0.2) is 0 Å². The maximum absolute atomic E-state index is 12.9. The Morgan fingerprint density at radius 1 is 1.24 bits per heavy atom. The highest BCUT2D eigenvalue weighted by Gasteiger charge is 2.65. The predicted molar refractivity (Wildman–Crippen MR) is 128 cm³/mol. The number of hydrogen-bond donors (Lipinski definition) is 2. The first-order valence-corrected chi connectivity index (χ1v) is 12.3. The molecule has 2 aliphatic carbocycles. The molecular formula is C28H38O5. The highest BCUT2D eigenvalue weighted by Crippen LogP contribution is 2.67. The van der Waals surface area contributed by atoms with Gasteiger partial charge in [0.05, 0.1) is 5.56 Å². The summed E-state index contributed by atoms with van der Waals surface area (Å²) < 4.78 is 6.60. The Kier molecular flexibility index (Phi) is 5.91. The Balaban J connectivity index is 1.85. The molecule has 3 aliphatic rings. The third-order valence-corrected chi connectivity index (χ3v) is 8.56. The summed E-state index contributed by atoms with van der Waals surface area (Å²) in [6.07, 6.45) is 7.47. The van der Waals surface area contributed by atoms with Crippen LogP contribution in [0.15, 0.2) is 11.6 Å². The number of ether oxygens (including phenoxy) is 1. The quantitative estimate of drug-likeness (QED) is 0.319. The molecule has 1 aromatic carbocycles. The van der Waals surface area contributed by atoms with Gasteiger partial charge >= 0.3 is 0 Å². The lowest BCUT2D eigenvalue weighted by Gasteiger charge is -2.44. The van der Waals surface area contributed by atoms with Crippen molar-refractivity contribution in [3.05, 3.63) is 28.3 Å². The fraction of sp³-hybridized carbons (Fsp3) is 0.643. The van der Waals surface area contributed by atoms with Crippen LogP contribution < -0.4 is 4.74 Å². The van der Waals surface area contributed by atoms with Crippen molar-refractivity contribution in [2.24, 2.45) is 28.6 Å². The molecule has 33 heavy (non-hydrogen) atoms. The van der Waals surface area contributed by atoms with Crippen molar-refractivity contribution in [2.75, 3.05) is 0 Å². The molecule has 0 saturated heterocycles. The van der Waals surface area contributed by atoms with Crippen LogP contribution >= 0.6 is 0 Å². The van der Waals surface area contributed by atoms with Gasteiger partial charge in [-0.15, -0.1) is 0 Å². The SMILES string of the molecule is C/C1=C/CCC2(C)Cc3c(O)c(C(=O)CC(C)C)c(O)c(C=O)c3OC2C2C(CC1)C2(C)C. The topological polar surface area (TPSA) is 83.8 Å². The normalized spacial score (nSPS) is 31.8. The highest BCUT2D eigenvalue weighted by molar-refractivity contribution is 6.05. The number of rotatable bonds is 4. The van der Waals surface area contributed by atoms with Crippen molar-refractivity contribution >= 4 is 12.1 Å². The zero-order valence-electron chi connectivity index (χ0n) is 20.8. The molecule has 1 fully saturated rings. The second-order valence-corrected chi connectivity index (χ2v) is 11.9. The number of phenols is 2. The number of allylic oxidation sites excluding steroid dienone is 2. The van der Waals surface area contributed by atoms with E-state index in [-0.39, 0.29) is 57.7 Å². The van der Waals surface area contributed by atoms with Crippen LogP contribution in [0.3, 0.4) is 0 Å². The van der Waals surface area contributed by atoms with Gasteiger partial charge < -0.3 is 14.9 Å². The molecule has 0 bridgehead atoms. The van der Waals surface area contributed by atoms with Crippen LogP contribution in [-0.4, -0.2) is 28.4 Å². The Morgan fingerprint density at radius 3 is 2.58 bits per heavy atom. The van der Waals surface area contributed by atoms with Gasteiger partial charge in [-0.3, -0.25) is 9.59 Å². The summed E-state index contributed by atoms with van der Waals surface area (Å²) in [5, 5.41) is 22.0. The van der Waals surface area contributed by atoms with Crippen LogP contribution in [-0.2, 0) is 6.42 Å². The van der Waals surface area contributed by atoms with E-state index in [9.17, 15) is 19.8 Å². The van der Waals surface area contributed by atoms with Crippen molar-refractivity contribution < 1.29 is 24.5 Å². The van der Waals surface area contributed by atoms with Crippen LogP contribution in [0.25, 0.3) is 0 Å². The van der Waals surface area contributed by atoms with E-state index in [1.54, 1.807) is 0 Å². The molecule has 5 heteroatoms. The number of Topliss-reactive ketones (excluding diaryl/α,β-unsaturated/α-hetero) is 1. The lowest BCUT2D eigenvalue weighted by molar-refractivity contribution is 0.00493. The number of aldehydes is 1. The van der Waals surface area contributed by atoms with Crippen molar-refractivity contribution in [3.63, 3.8) is 0 Å². The van der Waals surface area contributed by atoms with Crippen molar-refractivity contribution in [2.45, 2.75) is 86.2 Å². The minimum absolute atomic E-state index is 0.0141. The van der Waals surface area contributed by atoms with E-state index in [2.05, 4.69) is 33.8 Å². The zero-order valence-corrected chi connectivity index (χ0v) is 20.8. The standard InChI is InChI=1S/C28H38O5/c1-15(2)12-20(30)21-23(31)17-13-28(6)11-7-8-16(3)9-10-19-22(27(19,4)5)26(28)33-25(17)18(14-29)24(21)32/h8,14-15,19,22,26,31-32H,7,9-13H2,1-6H3/b16-8-. The molecule has 0 spiro atoms. The average Bonchev–Trinajstić information content (AvgIpc) is 3.26. The summed E-state index contributed by atoms with van der Waals surface area (Å²) in [6, 6.07) is 0. The van der Waals surface area contributed by atoms with E-state index in [1.807, 2.05) is 13.8 Å². The molecule has 0 aromatic heterocycles. The number of carbonyl (C=O) groups excluding carboxylic acids is 2. The molecule has 0 radical (unpaired) electrons. The first kappa shape index (κ1) is 23.8. The summed E-state index contributed by atoms with van der Waals surface area (Å²) in [4.78, 5) is 25.0. The summed E-state index contributed by atoms with van der Waals surface area (Å²) in [5.74, 6) is 0.146. The number of aromatic hydroxyl groups is 2. The molecule has 1 saturated carbocycles. The molecule has 1 heterocycles. The number of phenolic OH excluding ortho intramolecular Hbond substituents is 2. The van der Waals surface area contributed by atoms with Crippen molar-refractivity contribution in [3.8, 4) is 17.2 Å². The third-order valence-electron chi connectivity index (χ3n) is 8.56. The lowest BCUT2D eigenvalue weighted by Crippen LogP contribution is -2.45. The fourth-order valence-corrected chi connectivity index (χ4v) is 6.50.